The highest BCUT2D eigenvalue weighted by molar-refractivity contribution is 5.92. The molecular formula is C25H33N3O4. The lowest BCUT2D eigenvalue weighted by molar-refractivity contribution is -0.124. The van der Waals surface area contributed by atoms with Gasteiger partial charge in [0.05, 0.1) is 19.2 Å². The Bertz CT molecular complexity index is 971. The van der Waals surface area contributed by atoms with Gasteiger partial charge in [-0.3, -0.25) is 9.59 Å². The highest BCUT2D eigenvalue weighted by Gasteiger charge is 2.15. The van der Waals surface area contributed by atoms with Crippen molar-refractivity contribution in [3.8, 4) is 0 Å². The van der Waals surface area contributed by atoms with Gasteiger partial charge in [-0.2, -0.15) is 0 Å². The van der Waals surface area contributed by atoms with Crippen molar-refractivity contribution in [1.29, 1.82) is 0 Å². The second-order valence-electron chi connectivity index (χ2n) is 7.62. The van der Waals surface area contributed by atoms with Crippen molar-refractivity contribution in [3.05, 3.63) is 71.2 Å². The number of anilines is 1. The number of nitrogens with one attached hydrogen (secondary N) is 1. The number of allylic oxidation sites excluding steroid dienone is 4. The van der Waals surface area contributed by atoms with E-state index in [0.717, 1.165) is 16.7 Å². The van der Waals surface area contributed by atoms with Gasteiger partial charge in [0.15, 0.2) is 0 Å². The van der Waals surface area contributed by atoms with Gasteiger partial charge in [0.1, 0.15) is 17.3 Å². The Hall–Kier alpha value is -3.61. The minimum atomic E-state index is -0.244. The van der Waals surface area contributed by atoms with Gasteiger partial charge in [-0.25, -0.2) is 4.98 Å². The lowest BCUT2D eigenvalue weighted by Crippen LogP contribution is -2.28. The average Bonchev–Trinajstić information content (AvgIpc) is 2.79. The van der Waals surface area contributed by atoms with E-state index in [0.29, 0.717) is 23.3 Å². The highest BCUT2D eigenvalue weighted by Crippen LogP contribution is 2.27. The van der Waals surface area contributed by atoms with Gasteiger partial charge in [-0.05, 0) is 54.2 Å². The molecule has 0 bridgehead atoms. The van der Waals surface area contributed by atoms with E-state index in [-0.39, 0.29) is 29.9 Å². The number of aliphatic hydroxyl groups excluding tert-OH is 1. The first-order valence-corrected chi connectivity index (χ1v) is 10.2. The van der Waals surface area contributed by atoms with Crippen LogP contribution in [0, 0.1) is 5.92 Å². The van der Waals surface area contributed by atoms with Crippen LogP contribution in [0.1, 0.15) is 38.8 Å². The molecule has 0 saturated carbocycles. The summed E-state index contributed by atoms with van der Waals surface area (Å²) in [4.78, 5) is 29.2. The number of amides is 2. The number of aliphatic hydroxyl groups is 1. The molecule has 0 saturated heterocycles. The Morgan fingerprint density at radius 2 is 2.03 bits per heavy atom. The van der Waals surface area contributed by atoms with Crippen molar-refractivity contribution in [2.45, 2.75) is 27.7 Å². The second kappa shape index (κ2) is 12.3. The second-order valence-corrected chi connectivity index (χ2v) is 7.62. The number of hydrogen-bond donors (Lipinski definition) is 2. The molecule has 0 radical (unpaired) electrons. The molecule has 0 unspecified atom stereocenters. The molecule has 1 aromatic heterocycles. The minimum absolute atomic E-state index is 0.0448. The Morgan fingerprint density at radius 1 is 1.38 bits per heavy atom. The number of methoxy groups -OCH3 is 1. The molecule has 172 valence electrons. The van der Waals surface area contributed by atoms with Crippen LogP contribution in [0.5, 0.6) is 0 Å². The highest BCUT2D eigenvalue weighted by atomic mass is 16.5. The SMILES string of the molecule is C=CC(=C)/C(C)=C(/CN(C)C(=O)/C=C/c1cnc(NC=O)c(/C(O)=C(\C)C(C)C)c1)OC. The van der Waals surface area contributed by atoms with Gasteiger partial charge in [0.2, 0.25) is 12.3 Å². The van der Waals surface area contributed by atoms with Crippen LogP contribution in [0.15, 0.2) is 60.1 Å². The number of pyridine rings is 1. The molecule has 2 N–H and O–H groups in total. The average molecular weight is 440 g/mol. The van der Waals surface area contributed by atoms with Gasteiger partial charge in [-0.1, -0.05) is 33.1 Å². The lowest BCUT2D eigenvalue weighted by Gasteiger charge is -2.19. The summed E-state index contributed by atoms with van der Waals surface area (Å²) in [6.45, 7) is 15.5. The number of likely N-dealkylation sites (N-methyl/N-ethyl adjacent to an activating group) is 1. The van der Waals surface area contributed by atoms with Crippen molar-refractivity contribution in [3.63, 3.8) is 0 Å². The third-order valence-corrected chi connectivity index (χ3v) is 5.17. The maximum absolute atomic E-state index is 12.6. The molecule has 0 spiro atoms. The number of ether oxygens (including phenoxy) is 1. The molecule has 32 heavy (non-hydrogen) atoms. The molecule has 7 nitrogen and oxygen atoms in total. The van der Waals surface area contributed by atoms with Crippen molar-refractivity contribution in [2.24, 2.45) is 5.92 Å². The third-order valence-electron chi connectivity index (χ3n) is 5.17. The number of aromatic nitrogens is 1. The summed E-state index contributed by atoms with van der Waals surface area (Å²) in [6, 6.07) is 1.67. The molecular weight excluding hydrogens is 406 g/mol. The third kappa shape index (κ3) is 6.97. The monoisotopic (exact) mass is 439 g/mol. The predicted octanol–water partition coefficient (Wildman–Crippen LogP) is 4.73. The fourth-order valence-electron chi connectivity index (χ4n) is 2.67. The molecule has 0 aliphatic rings. The van der Waals surface area contributed by atoms with E-state index in [4.69, 9.17) is 4.74 Å². The number of rotatable bonds is 11. The fraction of sp³-hybridized carbons (Fsp3) is 0.320. The molecule has 0 aromatic carbocycles. The van der Waals surface area contributed by atoms with E-state index in [2.05, 4.69) is 23.5 Å². The summed E-state index contributed by atoms with van der Waals surface area (Å²) in [5.41, 5.74) is 3.29. The molecule has 1 rings (SSSR count). The first-order valence-electron chi connectivity index (χ1n) is 10.2. The van der Waals surface area contributed by atoms with Gasteiger partial charge in [0, 0.05) is 19.3 Å². The summed E-state index contributed by atoms with van der Waals surface area (Å²) < 4.78 is 5.41. The zero-order valence-corrected chi connectivity index (χ0v) is 19.7. The van der Waals surface area contributed by atoms with Crippen molar-refractivity contribution < 1.29 is 19.4 Å². The van der Waals surface area contributed by atoms with Crippen molar-refractivity contribution in [2.75, 3.05) is 26.0 Å². The van der Waals surface area contributed by atoms with E-state index >= 15 is 0 Å². The van der Waals surface area contributed by atoms with Crippen LogP contribution in [0.25, 0.3) is 11.8 Å². The molecule has 1 aromatic rings. The number of carbonyl (C=O) groups excluding carboxylic acids is 2. The van der Waals surface area contributed by atoms with Crippen LogP contribution in [-0.4, -0.2) is 48.0 Å². The number of carbonyl (C=O) groups is 2. The molecule has 0 aliphatic heterocycles. The fourth-order valence-corrected chi connectivity index (χ4v) is 2.67. The maximum atomic E-state index is 12.6. The summed E-state index contributed by atoms with van der Waals surface area (Å²) in [5, 5.41) is 13.1. The van der Waals surface area contributed by atoms with E-state index in [1.807, 2.05) is 27.7 Å². The van der Waals surface area contributed by atoms with Crippen LogP contribution >= 0.6 is 0 Å². The van der Waals surface area contributed by atoms with Gasteiger partial charge >= 0.3 is 0 Å². The number of hydrogen-bond acceptors (Lipinski definition) is 5. The van der Waals surface area contributed by atoms with Crippen LogP contribution < -0.4 is 5.32 Å². The predicted molar refractivity (Wildman–Crippen MR) is 130 cm³/mol. The maximum Gasteiger partial charge on any atom is 0.246 e. The zero-order chi connectivity index (χ0) is 24.4. The Kier molecular flexibility index (Phi) is 10.2. The largest absolute Gasteiger partial charge is 0.507 e. The van der Waals surface area contributed by atoms with Crippen molar-refractivity contribution in [1.82, 2.24) is 9.88 Å². The Labute approximate surface area is 190 Å². The van der Waals surface area contributed by atoms with Crippen LogP contribution in [0.2, 0.25) is 0 Å². The number of nitrogens with zero attached hydrogens (tertiary/aromatic N) is 2. The van der Waals surface area contributed by atoms with E-state index in [1.54, 1.807) is 32.4 Å². The normalized spacial score (nSPS) is 12.7. The van der Waals surface area contributed by atoms with Gasteiger partial charge < -0.3 is 20.1 Å². The molecule has 0 aliphatic carbocycles. The first kappa shape index (κ1) is 26.4. The van der Waals surface area contributed by atoms with E-state index in [1.165, 1.54) is 17.2 Å². The lowest BCUT2D eigenvalue weighted by atomic mass is 9.99. The van der Waals surface area contributed by atoms with Gasteiger partial charge in [-0.15, -0.1) is 0 Å². The van der Waals surface area contributed by atoms with Crippen LogP contribution in [0.3, 0.4) is 0 Å². The zero-order valence-electron chi connectivity index (χ0n) is 19.7. The van der Waals surface area contributed by atoms with Crippen LogP contribution in [0.4, 0.5) is 5.82 Å². The molecule has 2 amide bonds. The molecule has 7 heteroatoms. The first-order chi connectivity index (χ1) is 15.1. The van der Waals surface area contributed by atoms with E-state index < -0.39 is 0 Å². The van der Waals surface area contributed by atoms with E-state index in [9.17, 15) is 14.7 Å². The summed E-state index contributed by atoms with van der Waals surface area (Å²) in [7, 11) is 3.21. The summed E-state index contributed by atoms with van der Waals surface area (Å²) >= 11 is 0. The molecule has 1 heterocycles. The van der Waals surface area contributed by atoms with Crippen LogP contribution in [-0.2, 0) is 14.3 Å². The molecule has 0 fully saturated rings. The van der Waals surface area contributed by atoms with Crippen molar-refractivity contribution >= 4 is 30.0 Å². The summed E-state index contributed by atoms with van der Waals surface area (Å²) in [6.07, 6.45) is 6.66. The van der Waals surface area contributed by atoms with Gasteiger partial charge in [0.25, 0.3) is 0 Å². The quantitative estimate of drug-likeness (QED) is 0.225. The smallest absolute Gasteiger partial charge is 0.246 e. The standard InChI is InChI=1S/C25H33N3O4/c1-9-17(4)19(6)22(32-8)14-28(7)23(30)11-10-20-12-21(24(31)18(5)16(2)3)25(26-13-20)27-15-29/h9-13,15-16,31H,1,4,14H2,2-3,5-8H3,(H,26,27,29)/b11-10+,22-19-,24-18-. The summed E-state index contributed by atoms with van der Waals surface area (Å²) in [5.74, 6) is 0.768. The molecule has 0 atom stereocenters. The Balaban J connectivity index is 3.17. The Morgan fingerprint density at radius 3 is 2.56 bits per heavy atom. The minimum Gasteiger partial charge on any atom is -0.507 e. The topological polar surface area (TPSA) is 91.8 Å².